The fraction of sp³-hybridized carbons (Fsp3) is 0.261. The van der Waals surface area contributed by atoms with E-state index in [1.807, 2.05) is 24.3 Å². The molecule has 1 aliphatic rings. The number of carbonyl (C=O) groups excluding carboxylic acids is 1. The quantitative estimate of drug-likeness (QED) is 0.464. The van der Waals surface area contributed by atoms with Crippen molar-refractivity contribution < 1.29 is 13.2 Å². The summed E-state index contributed by atoms with van der Waals surface area (Å²) in [5.74, 6) is 0.563. The van der Waals surface area contributed by atoms with Crippen molar-refractivity contribution in [3.05, 3.63) is 65.4 Å². The zero-order valence-corrected chi connectivity index (χ0v) is 19.2. The Kier molecular flexibility index (Phi) is 5.30. The summed E-state index contributed by atoms with van der Waals surface area (Å²) in [4.78, 5) is 17.9. The third-order valence-electron chi connectivity index (χ3n) is 5.66. The number of aromatic nitrogens is 3. The van der Waals surface area contributed by atoms with E-state index in [0.29, 0.717) is 5.82 Å². The van der Waals surface area contributed by atoms with E-state index in [1.165, 1.54) is 11.3 Å². The molecular formula is C23H22N4O3S2. The van der Waals surface area contributed by atoms with Crippen LogP contribution in [-0.4, -0.2) is 34.8 Å². The first kappa shape index (κ1) is 20.8. The van der Waals surface area contributed by atoms with Gasteiger partial charge in [-0.15, -0.1) is 0 Å². The third-order valence-corrected chi connectivity index (χ3v) is 8.42. The van der Waals surface area contributed by atoms with Gasteiger partial charge in [0.1, 0.15) is 5.82 Å². The van der Waals surface area contributed by atoms with Gasteiger partial charge in [0.25, 0.3) is 0 Å². The first-order valence-electron chi connectivity index (χ1n) is 10.5. The fourth-order valence-electron chi connectivity index (χ4n) is 3.95. The fourth-order valence-corrected chi connectivity index (χ4v) is 5.76. The lowest BCUT2D eigenvalue weighted by Gasteiger charge is -2.09. The van der Waals surface area contributed by atoms with Crippen molar-refractivity contribution in [2.24, 2.45) is 0 Å². The minimum atomic E-state index is -3.26. The molecule has 2 aromatic heterocycles. The maximum Gasteiger partial charge on any atom is 0.229 e. The monoisotopic (exact) mass is 466 g/mol. The molecule has 0 atom stereocenters. The maximum absolute atomic E-state index is 12.9. The van der Waals surface area contributed by atoms with Crippen LogP contribution in [0.5, 0.6) is 0 Å². The van der Waals surface area contributed by atoms with Crippen molar-refractivity contribution in [3.8, 4) is 5.13 Å². The molecule has 1 amide bonds. The maximum atomic E-state index is 12.9. The number of benzene rings is 2. The molecule has 2 aromatic carbocycles. The van der Waals surface area contributed by atoms with Crippen molar-refractivity contribution in [3.63, 3.8) is 0 Å². The van der Waals surface area contributed by atoms with Crippen LogP contribution >= 0.6 is 11.3 Å². The van der Waals surface area contributed by atoms with E-state index in [4.69, 9.17) is 10.1 Å². The predicted molar refractivity (Wildman–Crippen MR) is 125 cm³/mol. The van der Waals surface area contributed by atoms with Gasteiger partial charge >= 0.3 is 0 Å². The summed E-state index contributed by atoms with van der Waals surface area (Å²) in [5.41, 5.74) is 3.73. The van der Waals surface area contributed by atoms with Crippen LogP contribution in [0, 0.1) is 0 Å². The molecule has 0 aliphatic heterocycles. The summed E-state index contributed by atoms with van der Waals surface area (Å²) in [6.45, 7) is 1.61. The zero-order valence-electron chi connectivity index (χ0n) is 17.5. The van der Waals surface area contributed by atoms with Gasteiger partial charge in [0.2, 0.25) is 11.0 Å². The Balaban J connectivity index is 1.41. The number of nitrogens with one attached hydrogen (secondary N) is 1. The number of hydrogen-bond acceptors (Lipinski definition) is 6. The van der Waals surface area contributed by atoms with E-state index < -0.39 is 9.84 Å². The number of amides is 1. The molecule has 0 saturated heterocycles. The molecule has 1 N–H and O–H groups in total. The van der Waals surface area contributed by atoms with Gasteiger partial charge in [0.05, 0.1) is 33.0 Å². The van der Waals surface area contributed by atoms with E-state index in [1.54, 1.807) is 35.9 Å². The largest absolute Gasteiger partial charge is 0.310 e. The van der Waals surface area contributed by atoms with Gasteiger partial charge in [0, 0.05) is 5.56 Å². The minimum Gasteiger partial charge on any atom is -0.310 e. The Morgan fingerprint density at radius 1 is 1.12 bits per heavy atom. The number of hydrogen-bond donors (Lipinski definition) is 1. The smallest absolute Gasteiger partial charge is 0.229 e. The van der Waals surface area contributed by atoms with E-state index in [0.717, 1.165) is 51.4 Å². The molecule has 0 fully saturated rings. The Bertz CT molecular complexity index is 1390. The Morgan fingerprint density at radius 2 is 1.91 bits per heavy atom. The number of rotatable bonds is 6. The molecule has 32 heavy (non-hydrogen) atoms. The van der Waals surface area contributed by atoms with Crippen LogP contribution in [0.3, 0.4) is 0 Å². The van der Waals surface area contributed by atoms with Crippen LogP contribution in [0.25, 0.3) is 15.3 Å². The molecule has 5 rings (SSSR count). The number of para-hydroxylation sites is 1. The van der Waals surface area contributed by atoms with Crippen molar-refractivity contribution in [1.29, 1.82) is 0 Å². The van der Waals surface area contributed by atoms with Crippen LogP contribution in [0.2, 0.25) is 0 Å². The SMILES string of the molecule is CCS(=O)(=O)c1ccc(CC(=O)Nc2c3c(nn2-c2nc4ccccc4s2)CCC3)cc1. The lowest BCUT2D eigenvalue weighted by Crippen LogP contribution is -2.18. The number of anilines is 1. The number of nitrogens with zero attached hydrogens (tertiary/aromatic N) is 3. The first-order valence-corrected chi connectivity index (χ1v) is 13.0. The summed E-state index contributed by atoms with van der Waals surface area (Å²) < 4.78 is 26.8. The molecule has 1 aliphatic carbocycles. The van der Waals surface area contributed by atoms with Crippen LogP contribution in [-0.2, 0) is 33.9 Å². The number of aryl methyl sites for hydroxylation is 1. The van der Waals surface area contributed by atoms with E-state index in [2.05, 4.69) is 5.32 Å². The molecule has 9 heteroatoms. The van der Waals surface area contributed by atoms with Gasteiger partial charge in [-0.05, 0) is 49.1 Å². The predicted octanol–water partition coefficient (Wildman–Crippen LogP) is 3.95. The van der Waals surface area contributed by atoms with Gasteiger partial charge in [-0.25, -0.2) is 13.4 Å². The van der Waals surface area contributed by atoms with Crippen molar-refractivity contribution in [2.45, 2.75) is 37.5 Å². The summed E-state index contributed by atoms with van der Waals surface area (Å²) in [7, 11) is -3.26. The highest BCUT2D eigenvalue weighted by Crippen LogP contribution is 2.33. The third kappa shape index (κ3) is 3.82. The van der Waals surface area contributed by atoms with Crippen molar-refractivity contribution in [1.82, 2.24) is 14.8 Å². The average Bonchev–Trinajstić information content (AvgIpc) is 3.49. The molecule has 0 bridgehead atoms. The van der Waals surface area contributed by atoms with Gasteiger partial charge in [-0.3, -0.25) is 4.79 Å². The molecule has 7 nitrogen and oxygen atoms in total. The molecule has 2 heterocycles. The highest BCUT2D eigenvalue weighted by molar-refractivity contribution is 7.91. The second-order valence-electron chi connectivity index (χ2n) is 7.78. The molecule has 0 spiro atoms. The number of fused-ring (bicyclic) bond motifs is 2. The van der Waals surface area contributed by atoms with Gasteiger partial charge in [0.15, 0.2) is 9.84 Å². The summed E-state index contributed by atoms with van der Waals surface area (Å²) in [5, 5.41) is 8.52. The van der Waals surface area contributed by atoms with E-state index in [-0.39, 0.29) is 23.0 Å². The number of thiazole rings is 1. The molecular weight excluding hydrogens is 444 g/mol. The Hall–Kier alpha value is -3.04. The zero-order chi connectivity index (χ0) is 22.3. The van der Waals surface area contributed by atoms with Crippen LogP contribution < -0.4 is 5.32 Å². The second kappa shape index (κ2) is 8.14. The van der Waals surface area contributed by atoms with Crippen molar-refractivity contribution >= 4 is 43.1 Å². The van der Waals surface area contributed by atoms with Crippen LogP contribution in [0.15, 0.2) is 53.4 Å². The van der Waals surface area contributed by atoms with Crippen LogP contribution in [0.4, 0.5) is 5.82 Å². The topological polar surface area (TPSA) is 94.0 Å². The Morgan fingerprint density at radius 3 is 2.66 bits per heavy atom. The summed E-state index contributed by atoms with van der Waals surface area (Å²) in [6, 6.07) is 14.4. The first-order chi connectivity index (χ1) is 15.4. The van der Waals surface area contributed by atoms with E-state index >= 15 is 0 Å². The van der Waals surface area contributed by atoms with Crippen LogP contribution in [0.1, 0.15) is 30.2 Å². The normalized spacial score (nSPS) is 13.4. The lowest BCUT2D eigenvalue weighted by atomic mass is 10.1. The molecule has 164 valence electrons. The minimum absolute atomic E-state index is 0.0493. The molecule has 4 aromatic rings. The lowest BCUT2D eigenvalue weighted by molar-refractivity contribution is -0.115. The molecule has 0 radical (unpaired) electrons. The van der Waals surface area contributed by atoms with Crippen molar-refractivity contribution in [2.75, 3.05) is 11.1 Å². The van der Waals surface area contributed by atoms with Gasteiger partial charge < -0.3 is 5.32 Å². The number of carbonyl (C=O) groups is 1. The standard InChI is InChI=1S/C23H22N4O3S2/c1-2-32(29,30)16-12-10-15(11-13-16)14-21(28)25-22-17-6-5-8-18(17)26-27(22)23-24-19-7-3-4-9-20(19)31-23/h3-4,7,9-13H,2,5-6,8,14H2,1H3,(H,25,28). The highest BCUT2D eigenvalue weighted by Gasteiger charge is 2.25. The van der Waals surface area contributed by atoms with Gasteiger partial charge in [-0.2, -0.15) is 9.78 Å². The highest BCUT2D eigenvalue weighted by atomic mass is 32.2. The average molecular weight is 467 g/mol. The second-order valence-corrected chi connectivity index (χ2v) is 11.1. The molecule has 0 unspecified atom stereocenters. The summed E-state index contributed by atoms with van der Waals surface area (Å²) in [6.07, 6.45) is 2.93. The number of sulfone groups is 1. The van der Waals surface area contributed by atoms with Gasteiger partial charge in [-0.1, -0.05) is 42.5 Å². The summed E-state index contributed by atoms with van der Waals surface area (Å²) >= 11 is 1.54. The molecule has 0 saturated carbocycles. The van der Waals surface area contributed by atoms with E-state index in [9.17, 15) is 13.2 Å². The Labute approximate surface area is 190 Å².